The SMILES string of the molecule is [B]C(F)(F)c1ccnc(C(=NC)N(C)C(=C)C(=C)/C(C)=C\C(Br)=C(/C)N)c1. The van der Waals surface area contributed by atoms with Crippen molar-refractivity contribution in [3.05, 3.63) is 75.8 Å². The molecular formula is C19H22BBrF2N4. The van der Waals surface area contributed by atoms with Gasteiger partial charge in [-0.2, -0.15) is 0 Å². The highest BCUT2D eigenvalue weighted by Gasteiger charge is 2.25. The fraction of sp³-hybridized carbons (Fsp3) is 0.263. The topological polar surface area (TPSA) is 54.5 Å². The summed E-state index contributed by atoms with van der Waals surface area (Å²) in [6.07, 6.45) is 3.09. The Kier molecular flexibility index (Phi) is 7.71. The quantitative estimate of drug-likeness (QED) is 0.316. The lowest BCUT2D eigenvalue weighted by atomic mass is 9.91. The molecule has 4 nitrogen and oxygen atoms in total. The number of halogens is 3. The first-order valence-electron chi connectivity index (χ1n) is 7.93. The summed E-state index contributed by atoms with van der Waals surface area (Å²) in [4.78, 5) is 9.93. The highest BCUT2D eigenvalue weighted by molar-refractivity contribution is 9.11. The molecule has 0 bridgehead atoms. The van der Waals surface area contributed by atoms with Crippen LogP contribution in [0.4, 0.5) is 8.78 Å². The Morgan fingerprint density at radius 3 is 2.48 bits per heavy atom. The summed E-state index contributed by atoms with van der Waals surface area (Å²) in [6.45, 7) is 11.7. The molecule has 0 aliphatic carbocycles. The van der Waals surface area contributed by atoms with Crippen molar-refractivity contribution in [2.24, 2.45) is 10.7 Å². The molecule has 0 amide bonds. The van der Waals surface area contributed by atoms with Gasteiger partial charge < -0.3 is 10.6 Å². The van der Waals surface area contributed by atoms with Gasteiger partial charge in [0.2, 0.25) is 5.82 Å². The average molecular weight is 435 g/mol. The molecule has 1 aromatic heterocycles. The molecule has 142 valence electrons. The van der Waals surface area contributed by atoms with Gasteiger partial charge in [0.15, 0.2) is 13.7 Å². The van der Waals surface area contributed by atoms with Crippen LogP contribution in [0.2, 0.25) is 0 Å². The van der Waals surface area contributed by atoms with Crippen molar-refractivity contribution in [1.29, 1.82) is 0 Å². The van der Waals surface area contributed by atoms with Crippen molar-refractivity contribution in [3.63, 3.8) is 0 Å². The molecule has 1 aromatic rings. The van der Waals surface area contributed by atoms with Crippen molar-refractivity contribution in [2.45, 2.75) is 19.7 Å². The van der Waals surface area contributed by atoms with Gasteiger partial charge in [-0.3, -0.25) is 9.98 Å². The molecule has 1 rings (SSSR count). The van der Waals surface area contributed by atoms with Gasteiger partial charge >= 0.3 is 0 Å². The Bertz CT molecular complexity index is 834. The molecule has 0 saturated heterocycles. The van der Waals surface area contributed by atoms with Crippen molar-refractivity contribution in [3.8, 4) is 0 Å². The molecule has 0 spiro atoms. The number of allylic oxidation sites excluding steroid dienone is 4. The maximum atomic E-state index is 13.4. The number of nitrogens with zero attached hydrogens (tertiary/aromatic N) is 3. The third-order valence-electron chi connectivity index (χ3n) is 3.85. The minimum Gasteiger partial charge on any atom is -0.401 e. The van der Waals surface area contributed by atoms with Gasteiger partial charge in [0.1, 0.15) is 5.69 Å². The van der Waals surface area contributed by atoms with E-state index in [9.17, 15) is 8.78 Å². The number of nitrogens with two attached hydrogens (primary N) is 1. The normalized spacial score (nSPS) is 13.9. The number of rotatable bonds is 6. The van der Waals surface area contributed by atoms with Gasteiger partial charge in [-0.15, -0.1) is 0 Å². The molecule has 0 atom stereocenters. The Morgan fingerprint density at radius 1 is 1.41 bits per heavy atom. The lowest BCUT2D eigenvalue weighted by molar-refractivity contribution is 0.0940. The first-order chi connectivity index (χ1) is 12.4. The van der Waals surface area contributed by atoms with Gasteiger partial charge in [0, 0.05) is 41.7 Å². The molecule has 0 aliphatic rings. The summed E-state index contributed by atoms with van der Waals surface area (Å²) in [5.41, 5.74) is 8.26. The molecule has 0 fully saturated rings. The van der Waals surface area contributed by atoms with E-state index in [0.717, 1.165) is 16.1 Å². The summed E-state index contributed by atoms with van der Waals surface area (Å²) >= 11 is 3.38. The van der Waals surface area contributed by atoms with Gasteiger partial charge in [0.05, 0.1) is 0 Å². The highest BCUT2D eigenvalue weighted by atomic mass is 79.9. The summed E-state index contributed by atoms with van der Waals surface area (Å²) in [7, 11) is 8.13. The summed E-state index contributed by atoms with van der Waals surface area (Å²) in [5.74, 6) is -3.11. The van der Waals surface area contributed by atoms with Crippen LogP contribution in [0.1, 0.15) is 25.1 Å². The number of likely N-dealkylation sites (N-methyl/N-ethyl adjacent to an activating group) is 1. The number of pyridine rings is 1. The number of hydrogen-bond acceptors (Lipinski definition) is 3. The van der Waals surface area contributed by atoms with Crippen molar-refractivity contribution >= 4 is 29.6 Å². The highest BCUT2D eigenvalue weighted by Crippen LogP contribution is 2.26. The monoisotopic (exact) mass is 434 g/mol. The molecule has 0 unspecified atom stereocenters. The van der Waals surface area contributed by atoms with Crippen LogP contribution in [0.25, 0.3) is 0 Å². The Hall–Kier alpha value is -2.22. The van der Waals surface area contributed by atoms with E-state index >= 15 is 0 Å². The number of aliphatic imine (C=N–C) groups is 1. The molecule has 1 heterocycles. The van der Waals surface area contributed by atoms with Crippen molar-refractivity contribution in [2.75, 3.05) is 14.1 Å². The van der Waals surface area contributed by atoms with Crippen LogP contribution in [0.5, 0.6) is 0 Å². The predicted octanol–water partition coefficient (Wildman–Crippen LogP) is 4.21. The van der Waals surface area contributed by atoms with E-state index in [-0.39, 0.29) is 11.3 Å². The molecule has 0 aromatic carbocycles. The Labute approximate surface area is 168 Å². The van der Waals surface area contributed by atoms with Gasteiger partial charge in [-0.25, -0.2) is 8.78 Å². The first-order valence-corrected chi connectivity index (χ1v) is 8.72. The lowest BCUT2D eigenvalue weighted by Crippen LogP contribution is -2.29. The van der Waals surface area contributed by atoms with Crippen LogP contribution in [0.15, 0.2) is 69.6 Å². The van der Waals surface area contributed by atoms with E-state index in [2.05, 4.69) is 39.1 Å². The molecule has 2 N–H and O–H groups in total. The van der Waals surface area contributed by atoms with Crippen LogP contribution in [0, 0.1) is 0 Å². The fourth-order valence-corrected chi connectivity index (χ4v) is 2.49. The standard InChI is InChI=1S/C19H22BBrF2N4/c1-11(9-16(21)13(3)24)12(2)14(4)27(6)18(25-5)17-10-15(7-8-26-17)19(20,22)23/h7-10H,2,4,24H2,1,3,5-6H3/b11-9-,16-13-,25-18?. The van der Waals surface area contributed by atoms with Gasteiger partial charge in [0.25, 0.3) is 0 Å². The Morgan fingerprint density at radius 2 is 2.00 bits per heavy atom. The molecule has 0 aliphatic heterocycles. The Balaban J connectivity index is 3.19. The zero-order valence-corrected chi connectivity index (χ0v) is 17.4. The van der Waals surface area contributed by atoms with Crippen LogP contribution >= 0.6 is 15.9 Å². The zero-order valence-electron chi connectivity index (χ0n) is 15.9. The average Bonchev–Trinajstić information content (AvgIpc) is 2.60. The molecular weight excluding hydrogens is 413 g/mol. The summed E-state index contributed by atoms with van der Waals surface area (Å²) < 4.78 is 27.6. The lowest BCUT2D eigenvalue weighted by Gasteiger charge is -2.25. The van der Waals surface area contributed by atoms with E-state index < -0.39 is 5.82 Å². The van der Waals surface area contributed by atoms with Crippen LogP contribution < -0.4 is 5.73 Å². The number of amidine groups is 1. The predicted molar refractivity (Wildman–Crippen MR) is 112 cm³/mol. The largest absolute Gasteiger partial charge is 0.401 e. The third-order valence-corrected chi connectivity index (χ3v) is 4.71. The second-order valence-corrected chi connectivity index (χ2v) is 6.80. The number of hydrogen-bond donors (Lipinski definition) is 1. The number of aromatic nitrogens is 1. The zero-order chi connectivity index (χ0) is 20.9. The second-order valence-electron chi connectivity index (χ2n) is 5.94. The third kappa shape index (κ3) is 5.89. The maximum Gasteiger partial charge on any atom is 0.224 e. The molecule has 0 saturated carbocycles. The minimum atomic E-state index is -3.46. The molecule has 2 radical (unpaired) electrons. The van der Waals surface area contributed by atoms with E-state index in [1.54, 1.807) is 18.9 Å². The molecule has 27 heavy (non-hydrogen) atoms. The first kappa shape index (κ1) is 22.8. The van der Waals surface area contributed by atoms with Crippen molar-refractivity contribution < 1.29 is 8.78 Å². The van der Waals surface area contributed by atoms with Crippen molar-refractivity contribution in [1.82, 2.24) is 9.88 Å². The smallest absolute Gasteiger partial charge is 0.224 e. The minimum absolute atomic E-state index is 0.247. The number of alkyl halides is 2. The van der Waals surface area contributed by atoms with Gasteiger partial charge in [-0.05, 0) is 59.1 Å². The van der Waals surface area contributed by atoms with Crippen LogP contribution in [-0.4, -0.2) is 37.7 Å². The second kappa shape index (κ2) is 9.13. The van der Waals surface area contributed by atoms with Gasteiger partial charge in [-0.1, -0.05) is 13.2 Å². The summed E-state index contributed by atoms with van der Waals surface area (Å²) in [5, 5.41) is 0. The van der Waals surface area contributed by atoms with Crippen LogP contribution in [-0.2, 0) is 5.82 Å². The maximum absolute atomic E-state index is 13.4. The molecule has 8 heteroatoms. The van der Waals surface area contributed by atoms with Crippen LogP contribution in [0.3, 0.4) is 0 Å². The van der Waals surface area contributed by atoms with E-state index in [4.69, 9.17) is 13.6 Å². The van der Waals surface area contributed by atoms with E-state index in [1.165, 1.54) is 19.3 Å². The summed E-state index contributed by atoms with van der Waals surface area (Å²) in [6, 6.07) is 2.37. The van der Waals surface area contributed by atoms with E-state index in [0.29, 0.717) is 22.8 Å². The fourth-order valence-electron chi connectivity index (χ4n) is 2.15. The van der Waals surface area contributed by atoms with E-state index in [1.807, 2.05) is 13.0 Å².